The van der Waals surface area contributed by atoms with Gasteiger partial charge in [-0.15, -0.1) is 0 Å². The van der Waals surface area contributed by atoms with Crippen molar-refractivity contribution in [1.82, 2.24) is 10.2 Å². The predicted octanol–water partition coefficient (Wildman–Crippen LogP) is 5.30. The molecule has 2 unspecified atom stereocenters. The summed E-state index contributed by atoms with van der Waals surface area (Å²) in [6.45, 7) is 4.46. The normalized spacial score (nSPS) is 21.9. The van der Waals surface area contributed by atoms with Gasteiger partial charge in [0.25, 0.3) is 0 Å². The quantitative estimate of drug-likeness (QED) is 0.292. The summed E-state index contributed by atoms with van der Waals surface area (Å²) in [7, 11) is 1.67. The van der Waals surface area contributed by atoms with Crippen LogP contribution in [0.15, 0.2) is 66.9 Å². The summed E-state index contributed by atoms with van der Waals surface area (Å²) in [5.41, 5.74) is 4.33. The number of methoxy groups -OCH3 is 1. The van der Waals surface area contributed by atoms with E-state index >= 15 is 0 Å². The number of Topliss-reactive ketones (excluding diaryl/α,β-unsaturated/α-hetero) is 1. The highest BCUT2D eigenvalue weighted by molar-refractivity contribution is 6.06. The van der Waals surface area contributed by atoms with Crippen molar-refractivity contribution < 1.29 is 23.6 Å². The van der Waals surface area contributed by atoms with E-state index in [1.165, 1.54) is 12.1 Å². The Balaban J connectivity index is 1.19. The molecule has 1 aliphatic carbocycles. The Morgan fingerprint density at radius 3 is 2.65 bits per heavy atom. The number of benzene rings is 3. The summed E-state index contributed by atoms with van der Waals surface area (Å²) in [5.74, 6) is 2.34. The Bertz CT molecular complexity index is 1520. The summed E-state index contributed by atoms with van der Waals surface area (Å²) in [4.78, 5) is 15.0. The van der Waals surface area contributed by atoms with Crippen molar-refractivity contribution in [3.8, 4) is 22.6 Å². The molecule has 0 bridgehead atoms. The number of carbonyl (C=O) groups is 1. The van der Waals surface area contributed by atoms with Gasteiger partial charge >= 0.3 is 0 Å². The maximum absolute atomic E-state index is 13.6. The van der Waals surface area contributed by atoms with Crippen molar-refractivity contribution in [2.45, 2.75) is 45.2 Å². The molecule has 7 heteroatoms. The van der Waals surface area contributed by atoms with Crippen LogP contribution in [0.4, 0.5) is 4.39 Å². The summed E-state index contributed by atoms with van der Waals surface area (Å²) >= 11 is 0. The zero-order chi connectivity index (χ0) is 27.6. The minimum absolute atomic E-state index is 0.174. The van der Waals surface area contributed by atoms with E-state index in [1.807, 2.05) is 31.2 Å². The van der Waals surface area contributed by atoms with Crippen LogP contribution in [0.25, 0.3) is 22.0 Å². The van der Waals surface area contributed by atoms with E-state index in [-0.39, 0.29) is 11.6 Å². The average Bonchev–Trinajstić information content (AvgIpc) is 3.56. The lowest BCUT2D eigenvalue weighted by Gasteiger charge is -2.23. The second kappa shape index (κ2) is 11.3. The fourth-order valence-electron chi connectivity index (χ4n) is 7.02. The maximum Gasteiger partial charge on any atom is 0.165 e. The van der Waals surface area contributed by atoms with E-state index in [4.69, 9.17) is 9.47 Å². The number of nitrogens with zero attached hydrogens (tertiary/aromatic N) is 2. The summed E-state index contributed by atoms with van der Waals surface area (Å²) in [5, 5.41) is 9.15. The number of nitrogens with one attached hydrogen (secondary N) is 1. The molecular weight excluding hydrogens is 505 g/mol. The van der Waals surface area contributed by atoms with Gasteiger partial charge in [0.1, 0.15) is 23.9 Å². The predicted molar refractivity (Wildman–Crippen MR) is 152 cm³/mol. The van der Waals surface area contributed by atoms with Gasteiger partial charge in [0.05, 0.1) is 43.6 Å². The maximum atomic E-state index is 13.6. The Kier molecular flexibility index (Phi) is 7.48. The van der Waals surface area contributed by atoms with Crippen molar-refractivity contribution in [2.75, 3.05) is 20.3 Å². The number of fused-ring (bicyclic) bond motifs is 2. The first-order valence-electron chi connectivity index (χ1n) is 14.2. The standard InChI is InChI=1S/C33H34FN3O3/c1-3-40-32-17-21(16-31(39-2)33(32)22-8-11-24(34)12-9-22)20-37-15-14-25-23(10-13-29(25)37)18-30(38)27-19-35-36-28-7-5-4-6-26(27)28/h4-9,11-12,16-17,19,23,25,29H,3,10,13-15,18,20H2,1-2H3/p+1/t23?,25-,29+/m0/s1. The SMILES string of the molecule is CCOc1cc(C[NH+]2CC[C@H]3C(CC(=O)c4cnnc5ccccc45)CC[C@H]32)cc(OC)c1-c1ccc(F)cc1. The summed E-state index contributed by atoms with van der Waals surface area (Å²) in [6.07, 6.45) is 5.55. The van der Waals surface area contributed by atoms with Crippen molar-refractivity contribution in [2.24, 2.45) is 11.8 Å². The van der Waals surface area contributed by atoms with Crippen molar-refractivity contribution >= 4 is 16.7 Å². The van der Waals surface area contributed by atoms with Gasteiger partial charge in [-0.3, -0.25) is 4.79 Å². The van der Waals surface area contributed by atoms with Gasteiger partial charge in [-0.1, -0.05) is 30.3 Å². The molecule has 6 nitrogen and oxygen atoms in total. The molecule has 4 aromatic rings. The minimum atomic E-state index is -0.271. The van der Waals surface area contributed by atoms with Gasteiger partial charge in [-0.05, 0) is 61.6 Å². The van der Waals surface area contributed by atoms with Crippen LogP contribution >= 0.6 is 0 Å². The fourth-order valence-corrected chi connectivity index (χ4v) is 7.02. The molecule has 1 aromatic heterocycles. The van der Waals surface area contributed by atoms with Crippen LogP contribution in [-0.2, 0) is 6.54 Å². The summed E-state index contributed by atoms with van der Waals surface area (Å²) in [6, 6.07) is 18.9. The monoisotopic (exact) mass is 540 g/mol. The molecule has 40 heavy (non-hydrogen) atoms. The molecular formula is C33H35FN3O3+. The molecule has 4 atom stereocenters. The smallest absolute Gasteiger partial charge is 0.165 e. The molecule has 6 rings (SSSR count). The lowest BCUT2D eigenvalue weighted by molar-refractivity contribution is -0.927. The number of hydrogen-bond donors (Lipinski definition) is 1. The molecule has 1 saturated carbocycles. The van der Waals surface area contributed by atoms with Crippen LogP contribution in [0, 0.1) is 17.7 Å². The lowest BCUT2D eigenvalue weighted by atomic mass is 9.87. The van der Waals surface area contributed by atoms with Crippen LogP contribution in [-0.4, -0.2) is 42.3 Å². The number of aromatic nitrogens is 2. The van der Waals surface area contributed by atoms with E-state index in [0.29, 0.717) is 36.5 Å². The number of ketones is 1. The second-order valence-electron chi connectivity index (χ2n) is 11.0. The molecule has 206 valence electrons. The zero-order valence-corrected chi connectivity index (χ0v) is 23.0. The molecule has 2 heterocycles. The Labute approximate surface area is 234 Å². The third-order valence-electron chi connectivity index (χ3n) is 8.80. The van der Waals surface area contributed by atoms with Crippen molar-refractivity contribution in [3.63, 3.8) is 0 Å². The minimum Gasteiger partial charge on any atom is -0.496 e. The first-order valence-corrected chi connectivity index (χ1v) is 14.2. The number of rotatable bonds is 9. The molecule has 0 radical (unpaired) electrons. The Morgan fingerprint density at radius 2 is 1.85 bits per heavy atom. The highest BCUT2D eigenvalue weighted by atomic mass is 19.1. The van der Waals surface area contributed by atoms with Gasteiger partial charge in [0.15, 0.2) is 5.78 Å². The molecule has 1 aliphatic heterocycles. The topological polar surface area (TPSA) is 65.8 Å². The summed E-state index contributed by atoms with van der Waals surface area (Å²) < 4.78 is 25.5. The van der Waals surface area contributed by atoms with Crippen molar-refractivity contribution in [3.05, 3.63) is 83.8 Å². The van der Waals surface area contributed by atoms with Gasteiger partial charge in [-0.25, -0.2) is 4.39 Å². The number of halogens is 1. The molecule has 3 aromatic carbocycles. The van der Waals surface area contributed by atoms with Gasteiger partial charge in [0.2, 0.25) is 0 Å². The first kappa shape index (κ1) is 26.4. The molecule has 1 saturated heterocycles. The van der Waals surface area contributed by atoms with E-state index < -0.39 is 0 Å². The fraction of sp³-hybridized carbons (Fsp3) is 0.364. The molecule has 0 amide bonds. The zero-order valence-electron chi connectivity index (χ0n) is 23.0. The van der Waals surface area contributed by atoms with Gasteiger partial charge in [-0.2, -0.15) is 10.2 Å². The van der Waals surface area contributed by atoms with Gasteiger partial charge in [0, 0.05) is 35.3 Å². The van der Waals surface area contributed by atoms with Gasteiger partial charge < -0.3 is 14.4 Å². The third-order valence-corrected chi connectivity index (χ3v) is 8.80. The van der Waals surface area contributed by atoms with E-state index in [9.17, 15) is 9.18 Å². The number of hydrogen-bond acceptors (Lipinski definition) is 5. The van der Waals surface area contributed by atoms with Crippen LogP contribution in [0.5, 0.6) is 11.5 Å². The number of ether oxygens (including phenoxy) is 2. The number of carbonyl (C=O) groups excluding carboxylic acids is 1. The van der Waals surface area contributed by atoms with Crippen LogP contribution < -0.4 is 14.4 Å². The first-order chi connectivity index (χ1) is 19.6. The number of likely N-dealkylation sites (tertiary alicyclic amines) is 1. The Hall–Kier alpha value is -3.84. The van der Waals surface area contributed by atoms with E-state index in [1.54, 1.807) is 30.3 Å². The van der Waals surface area contributed by atoms with E-state index in [0.717, 1.165) is 71.4 Å². The van der Waals surface area contributed by atoms with Crippen molar-refractivity contribution in [1.29, 1.82) is 0 Å². The van der Waals surface area contributed by atoms with E-state index in [2.05, 4.69) is 22.3 Å². The van der Waals surface area contributed by atoms with Crippen LogP contribution in [0.2, 0.25) is 0 Å². The highest BCUT2D eigenvalue weighted by Crippen LogP contribution is 2.41. The largest absolute Gasteiger partial charge is 0.496 e. The molecule has 0 spiro atoms. The van der Waals surface area contributed by atoms with Crippen LogP contribution in [0.3, 0.4) is 0 Å². The third kappa shape index (κ3) is 5.06. The molecule has 1 N–H and O–H groups in total. The molecule has 2 aliphatic rings. The average molecular weight is 541 g/mol. The Morgan fingerprint density at radius 1 is 1.05 bits per heavy atom. The van der Waals surface area contributed by atoms with Crippen LogP contribution in [0.1, 0.15) is 48.5 Å². The number of quaternary nitrogens is 1. The molecule has 2 fully saturated rings. The highest BCUT2D eigenvalue weighted by Gasteiger charge is 2.47. The lowest BCUT2D eigenvalue weighted by Crippen LogP contribution is -3.12. The second-order valence-corrected chi connectivity index (χ2v) is 11.0.